The minimum absolute atomic E-state index is 0. The van der Waals surface area contributed by atoms with E-state index < -0.39 is 5.97 Å². The number of carbonyl (C=O) groups excluding carboxylic acids is 1. The van der Waals surface area contributed by atoms with Gasteiger partial charge in [-0.05, 0) is 54.6 Å². The molecule has 3 aromatic carbocycles. The fourth-order valence-corrected chi connectivity index (χ4v) is 5.48. The summed E-state index contributed by atoms with van der Waals surface area (Å²) in [6, 6.07) is 17.2. The van der Waals surface area contributed by atoms with Crippen LogP contribution in [0, 0.1) is 23.7 Å². The van der Waals surface area contributed by atoms with Gasteiger partial charge in [0, 0.05) is 36.4 Å². The molecule has 0 unspecified atom stereocenters. The monoisotopic (exact) mass is 935 g/mol. The molecule has 0 saturated carbocycles. The summed E-state index contributed by atoms with van der Waals surface area (Å²) in [4.78, 5) is 12.8. The third-order valence-electron chi connectivity index (χ3n) is 8.06. The predicted octanol–water partition coefficient (Wildman–Crippen LogP) is -0.260. The highest BCUT2D eigenvalue weighted by atomic mass is 127. The number of aryl methyl sites for hydroxylation is 1. The van der Waals surface area contributed by atoms with Gasteiger partial charge >= 0.3 is 5.97 Å². The number of hydrogen-bond donors (Lipinski definition) is 0. The molecule has 0 atom stereocenters. The second-order valence-electron chi connectivity index (χ2n) is 14.1. The first-order valence-corrected chi connectivity index (χ1v) is 16.7. The van der Waals surface area contributed by atoms with Crippen molar-refractivity contribution in [3.05, 3.63) is 82.5 Å². The number of benzene rings is 3. The van der Waals surface area contributed by atoms with Crippen LogP contribution >= 0.6 is 0 Å². The van der Waals surface area contributed by atoms with Crippen LogP contribution < -0.4 is 66.9 Å². The molecule has 52 heavy (non-hydrogen) atoms. The third kappa shape index (κ3) is 12.2. The molecule has 0 spiro atoms. The van der Waals surface area contributed by atoms with E-state index in [-0.39, 0.29) is 48.0 Å². The Morgan fingerprint density at radius 1 is 0.654 bits per heavy atom. The first-order valence-electron chi connectivity index (χ1n) is 16.7. The molecule has 0 amide bonds. The average Bonchev–Trinajstić information content (AvgIpc) is 3.42. The average molecular weight is 936 g/mol. The van der Waals surface area contributed by atoms with Gasteiger partial charge in [-0.15, -0.1) is 0 Å². The standard InChI is InChI=1S/C41H51N3O6.2HI/c1-42-37(41(45)48-10)29-36-34(23-17-30-13-19-32(20-14-30)49-27-11-25-43(2,3)4)39(46-8)40(47-9)35(38(36)42)24-18-31-15-21-33(22-16-31)50-28-12-26-44(5,6)7;;/h13-16,19-22,29H,11-12,25-28H2,1-10H3;2*1H/q+2;;/p-2. The Labute approximate surface area is 343 Å². The molecule has 4 rings (SSSR count). The van der Waals surface area contributed by atoms with Crippen molar-refractivity contribution in [2.45, 2.75) is 12.8 Å². The minimum Gasteiger partial charge on any atom is -1.00 e. The summed E-state index contributed by atoms with van der Waals surface area (Å²) in [7, 11) is 19.3. The van der Waals surface area contributed by atoms with Crippen molar-refractivity contribution in [2.24, 2.45) is 7.05 Å². The molecule has 9 nitrogen and oxygen atoms in total. The van der Waals surface area contributed by atoms with E-state index >= 15 is 0 Å². The highest BCUT2D eigenvalue weighted by Gasteiger charge is 2.25. The van der Waals surface area contributed by atoms with Crippen LogP contribution in [0.4, 0.5) is 0 Å². The maximum Gasteiger partial charge on any atom is 0.354 e. The third-order valence-corrected chi connectivity index (χ3v) is 8.06. The summed E-state index contributed by atoms with van der Waals surface area (Å²) in [6.07, 6.45) is 1.93. The van der Waals surface area contributed by atoms with Crippen LogP contribution in [0.5, 0.6) is 23.0 Å². The lowest BCUT2D eigenvalue weighted by atomic mass is 10.0. The summed E-state index contributed by atoms with van der Waals surface area (Å²) in [5.41, 5.74) is 3.76. The van der Waals surface area contributed by atoms with Gasteiger partial charge < -0.3 is 85.2 Å². The van der Waals surface area contributed by atoms with Gasteiger partial charge in [-0.1, -0.05) is 23.7 Å². The Kier molecular flexibility index (Phi) is 17.1. The van der Waals surface area contributed by atoms with Crippen LogP contribution in [-0.4, -0.2) is 109 Å². The summed E-state index contributed by atoms with van der Waals surface area (Å²) in [5.74, 6) is 15.1. The van der Waals surface area contributed by atoms with Crippen molar-refractivity contribution in [1.82, 2.24) is 4.57 Å². The lowest BCUT2D eigenvalue weighted by Gasteiger charge is -2.23. The smallest absolute Gasteiger partial charge is 0.354 e. The van der Waals surface area contributed by atoms with E-state index in [0.29, 0.717) is 52.4 Å². The largest absolute Gasteiger partial charge is 1.00 e. The zero-order chi connectivity index (χ0) is 36.5. The molecule has 0 saturated heterocycles. The van der Waals surface area contributed by atoms with Crippen LogP contribution in [0.15, 0.2) is 54.6 Å². The number of ether oxygens (including phenoxy) is 5. The fourth-order valence-electron chi connectivity index (χ4n) is 5.48. The predicted molar refractivity (Wildman–Crippen MR) is 198 cm³/mol. The maximum atomic E-state index is 12.8. The number of methoxy groups -OCH3 is 3. The number of fused-ring (bicyclic) bond motifs is 1. The van der Waals surface area contributed by atoms with E-state index in [2.05, 4.69) is 66.0 Å². The maximum absolute atomic E-state index is 12.8. The summed E-state index contributed by atoms with van der Waals surface area (Å²) < 4.78 is 32.4. The van der Waals surface area contributed by atoms with Crippen LogP contribution in [-0.2, 0) is 11.8 Å². The Hall–Kier alpha value is -3.63. The fraction of sp³-hybridized carbons (Fsp3) is 0.390. The highest BCUT2D eigenvalue weighted by molar-refractivity contribution is 6.02. The van der Waals surface area contributed by atoms with Crippen LogP contribution in [0.25, 0.3) is 10.9 Å². The Balaban J connectivity index is 0.00000468. The first kappa shape index (κ1) is 44.5. The van der Waals surface area contributed by atoms with E-state index in [1.807, 2.05) is 48.5 Å². The molecule has 0 aliphatic heterocycles. The number of carbonyl (C=O) groups is 1. The van der Waals surface area contributed by atoms with Gasteiger partial charge in [-0.2, -0.15) is 0 Å². The molecule has 0 fully saturated rings. The molecule has 1 heterocycles. The van der Waals surface area contributed by atoms with Gasteiger partial charge in [0.2, 0.25) is 0 Å². The van der Waals surface area contributed by atoms with Crippen LogP contribution in [0.1, 0.15) is 45.6 Å². The summed E-state index contributed by atoms with van der Waals surface area (Å²) in [5, 5.41) is 0.692. The summed E-state index contributed by atoms with van der Waals surface area (Å²) in [6.45, 7) is 3.37. The quantitative estimate of drug-likeness (QED) is 0.0607. The van der Waals surface area contributed by atoms with E-state index in [4.69, 9.17) is 23.7 Å². The van der Waals surface area contributed by atoms with Gasteiger partial charge in [0.05, 0.1) is 107 Å². The SMILES string of the molecule is COC(=O)c1cc2c(C#Cc3ccc(OCCC[N+](C)(C)C)cc3)c(OC)c(OC)c(C#Cc3ccc(OCCC[N+](C)(C)C)cc3)c2n1C.[I-].[I-]. The van der Waals surface area contributed by atoms with Crippen molar-refractivity contribution in [3.8, 4) is 46.7 Å². The van der Waals surface area contributed by atoms with E-state index in [9.17, 15) is 4.79 Å². The Morgan fingerprint density at radius 2 is 1.08 bits per heavy atom. The molecule has 0 radical (unpaired) electrons. The van der Waals surface area contributed by atoms with Crippen molar-refractivity contribution >= 4 is 16.9 Å². The molecular weight excluding hydrogens is 884 g/mol. The van der Waals surface area contributed by atoms with Crippen LogP contribution in [0.2, 0.25) is 0 Å². The van der Waals surface area contributed by atoms with Crippen molar-refractivity contribution < 1.29 is 85.4 Å². The van der Waals surface area contributed by atoms with Crippen molar-refractivity contribution in [1.29, 1.82) is 0 Å². The Bertz CT molecular complexity index is 1920. The van der Waals surface area contributed by atoms with E-state index in [1.165, 1.54) is 7.11 Å². The molecule has 280 valence electrons. The van der Waals surface area contributed by atoms with Gasteiger partial charge in [0.25, 0.3) is 0 Å². The van der Waals surface area contributed by atoms with E-state index in [1.54, 1.807) is 31.9 Å². The van der Waals surface area contributed by atoms with Gasteiger partial charge in [-0.3, -0.25) is 0 Å². The molecule has 11 heteroatoms. The first-order chi connectivity index (χ1) is 23.7. The zero-order valence-electron chi connectivity index (χ0n) is 32.0. The molecular formula is C41H51I2N3O6. The van der Waals surface area contributed by atoms with Gasteiger partial charge in [0.15, 0.2) is 11.5 Å². The second kappa shape index (κ2) is 20.0. The molecule has 1 aromatic heterocycles. The normalized spacial score (nSPS) is 10.8. The number of quaternary nitrogens is 2. The second-order valence-corrected chi connectivity index (χ2v) is 14.1. The minimum atomic E-state index is -0.478. The van der Waals surface area contributed by atoms with Crippen molar-refractivity contribution in [2.75, 3.05) is 89.9 Å². The number of rotatable bonds is 13. The number of esters is 1. The number of aromatic nitrogens is 1. The number of halogens is 2. The summed E-state index contributed by atoms with van der Waals surface area (Å²) >= 11 is 0. The Morgan fingerprint density at radius 3 is 1.48 bits per heavy atom. The zero-order valence-corrected chi connectivity index (χ0v) is 36.3. The number of nitrogens with zero attached hydrogens (tertiary/aromatic N) is 3. The molecule has 0 bridgehead atoms. The van der Waals surface area contributed by atoms with Crippen molar-refractivity contribution in [3.63, 3.8) is 0 Å². The van der Waals surface area contributed by atoms with Gasteiger partial charge in [-0.25, -0.2) is 4.79 Å². The van der Waals surface area contributed by atoms with Crippen LogP contribution in [0.3, 0.4) is 0 Å². The lowest BCUT2D eigenvalue weighted by Crippen LogP contribution is -3.00. The molecule has 0 aliphatic rings. The number of hydrogen-bond acceptors (Lipinski definition) is 6. The molecule has 0 N–H and O–H groups in total. The lowest BCUT2D eigenvalue weighted by molar-refractivity contribution is -0.870. The molecule has 0 aliphatic carbocycles. The van der Waals surface area contributed by atoms with E-state index in [0.717, 1.165) is 57.5 Å². The molecule has 4 aromatic rings. The topological polar surface area (TPSA) is 68.2 Å². The highest BCUT2D eigenvalue weighted by Crippen LogP contribution is 2.42. The van der Waals surface area contributed by atoms with Gasteiger partial charge in [0.1, 0.15) is 17.2 Å².